The minimum absolute atomic E-state index is 0.121. The minimum atomic E-state index is -4.54. The van der Waals surface area contributed by atoms with Gasteiger partial charge in [0.1, 0.15) is 5.82 Å². The molecule has 0 saturated carbocycles. The molecule has 4 N–H and O–H groups in total. The monoisotopic (exact) mass is 516 g/mol. The predicted molar refractivity (Wildman–Crippen MR) is 135 cm³/mol. The van der Waals surface area contributed by atoms with Crippen molar-refractivity contribution in [2.75, 3.05) is 5.32 Å². The number of carbonyl (C=O) groups is 1. The van der Waals surface area contributed by atoms with Gasteiger partial charge in [-0.2, -0.15) is 18.3 Å². The van der Waals surface area contributed by atoms with Crippen LogP contribution in [0.2, 0.25) is 0 Å². The van der Waals surface area contributed by atoms with Crippen molar-refractivity contribution in [3.05, 3.63) is 82.5 Å². The third-order valence-corrected chi connectivity index (χ3v) is 6.51. The molecule has 11 heteroatoms. The molecule has 1 amide bonds. The Morgan fingerprint density at radius 1 is 1.11 bits per heavy atom. The zero-order valence-electron chi connectivity index (χ0n) is 20.0. The second-order valence-corrected chi connectivity index (χ2v) is 9.29. The second kappa shape index (κ2) is 10.2. The fraction of sp³-hybridized carbons (Fsp3) is 0.320. The van der Waals surface area contributed by atoms with Crippen LogP contribution in [0.5, 0.6) is 0 Å². The number of nitrogens with one attached hydrogen (secondary N) is 4. The van der Waals surface area contributed by atoms with Gasteiger partial charge in [-0.15, -0.1) is 0 Å². The molecule has 1 aliphatic heterocycles. The van der Waals surface area contributed by atoms with Crippen LogP contribution in [0.15, 0.2) is 54.6 Å². The largest absolute Gasteiger partial charge is 0.410 e. The van der Waals surface area contributed by atoms with Crippen LogP contribution in [0.4, 0.5) is 19.0 Å². The molecule has 2 aromatic carbocycles. The van der Waals surface area contributed by atoms with Gasteiger partial charge in [0.05, 0.1) is 12.1 Å². The number of halogens is 3. The van der Waals surface area contributed by atoms with Crippen LogP contribution in [-0.4, -0.2) is 27.0 Å². The van der Waals surface area contributed by atoms with E-state index in [-0.39, 0.29) is 29.1 Å². The van der Waals surface area contributed by atoms with Crippen molar-refractivity contribution < 1.29 is 18.0 Å². The van der Waals surface area contributed by atoms with Crippen LogP contribution in [0, 0.1) is 13.8 Å². The third kappa shape index (κ3) is 5.62. The Labute approximate surface area is 212 Å². The van der Waals surface area contributed by atoms with E-state index in [1.807, 2.05) is 69.3 Å². The first-order valence-corrected chi connectivity index (χ1v) is 11.9. The van der Waals surface area contributed by atoms with E-state index in [4.69, 9.17) is 12.2 Å². The van der Waals surface area contributed by atoms with Crippen LogP contribution >= 0.6 is 12.2 Å². The molecule has 2 heterocycles. The van der Waals surface area contributed by atoms with E-state index >= 15 is 0 Å². The average molecular weight is 517 g/mol. The number of hydrogen-bond donors (Lipinski definition) is 4. The lowest BCUT2D eigenvalue weighted by Gasteiger charge is -2.33. The maximum Gasteiger partial charge on any atom is 0.410 e. The number of carbonyl (C=O) groups excluding carboxylic acids is 1. The fourth-order valence-corrected chi connectivity index (χ4v) is 4.35. The molecule has 36 heavy (non-hydrogen) atoms. The summed E-state index contributed by atoms with van der Waals surface area (Å²) in [7, 11) is 0. The van der Waals surface area contributed by atoms with Gasteiger partial charge in [-0.05, 0) is 55.2 Å². The third-order valence-electron chi connectivity index (χ3n) is 6.29. The maximum atomic E-state index is 14.0. The Bertz CT molecular complexity index is 1260. The van der Waals surface area contributed by atoms with Crippen molar-refractivity contribution in [2.24, 2.45) is 0 Å². The van der Waals surface area contributed by atoms with Crippen LogP contribution < -0.4 is 21.5 Å². The molecule has 190 valence electrons. The van der Waals surface area contributed by atoms with Crippen LogP contribution in [0.25, 0.3) is 0 Å². The van der Waals surface area contributed by atoms with Crippen molar-refractivity contribution in [3.63, 3.8) is 0 Å². The maximum absolute atomic E-state index is 14.0. The summed E-state index contributed by atoms with van der Waals surface area (Å²) in [5.41, 5.74) is 8.61. The molecular formula is C25H27F3N6OS. The van der Waals surface area contributed by atoms with E-state index in [9.17, 15) is 18.0 Å². The highest BCUT2D eigenvalue weighted by Crippen LogP contribution is 2.43. The Morgan fingerprint density at radius 2 is 1.83 bits per heavy atom. The molecule has 4 rings (SSSR count). The molecule has 1 aliphatic rings. The van der Waals surface area contributed by atoms with Crippen LogP contribution in [0.1, 0.15) is 64.2 Å². The minimum Gasteiger partial charge on any atom is -0.363 e. The van der Waals surface area contributed by atoms with Gasteiger partial charge >= 0.3 is 6.18 Å². The number of rotatable bonds is 4. The number of aromatic nitrogens is 2. The summed E-state index contributed by atoms with van der Waals surface area (Å²) < 4.78 is 42.7. The SMILES string of the molecule is Cc1ccc([C@@H]2C[C@@H](C(F)(F)F)n3nc(C(=O)NNC(=S)N[C@H](C)c4ccccc4)cc3N2)cc1C. The molecule has 0 aliphatic carbocycles. The smallest absolute Gasteiger partial charge is 0.363 e. The van der Waals surface area contributed by atoms with E-state index in [2.05, 4.69) is 26.6 Å². The molecule has 3 atom stereocenters. The molecule has 1 aromatic heterocycles. The summed E-state index contributed by atoms with van der Waals surface area (Å²) in [5, 5.41) is 10.3. The number of hydrazine groups is 1. The summed E-state index contributed by atoms with van der Waals surface area (Å²) in [6.45, 7) is 5.77. The number of hydrogen-bond acceptors (Lipinski definition) is 4. The number of nitrogens with zero attached hydrogens (tertiary/aromatic N) is 2. The van der Waals surface area contributed by atoms with Crippen LogP contribution in [0.3, 0.4) is 0 Å². The van der Waals surface area contributed by atoms with E-state index in [0.717, 1.165) is 26.9 Å². The fourth-order valence-electron chi connectivity index (χ4n) is 4.12. The normalized spacial score (nSPS) is 17.9. The van der Waals surface area contributed by atoms with Gasteiger partial charge < -0.3 is 10.6 Å². The highest BCUT2D eigenvalue weighted by molar-refractivity contribution is 7.80. The average Bonchev–Trinajstić information content (AvgIpc) is 3.28. The van der Waals surface area contributed by atoms with Gasteiger partial charge in [0.25, 0.3) is 5.91 Å². The number of anilines is 1. The number of benzene rings is 2. The molecule has 7 nitrogen and oxygen atoms in total. The Balaban J connectivity index is 1.46. The lowest BCUT2D eigenvalue weighted by molar-refractivity contribution is -0.173. The molecule has 3 aromatic rings. The molecule has 0 spiro atoms. The second-order valence-electron chi connectivity index (χ2n) is 8.88. The number of aryl methyl sites for hydroxylation is 2. The summed E-state index contributed by atoms with van der Waals surface area (Å²) in [4.78, 5) is 12.7. The quantitative estimate of drug-likeness (QED) is 0.288. The molecular weight excluding hydrogens is 489 g/mol. The van der Waals surface area contributed by atoms with Gasteiger partial charge in [-0.1, -0.05) is 48.5 Å². The van der Waals surface area contributed by atoms with Gasteiger partial charge in [-0.3, -0.25) is 15.6 Å². The van der Waals surface area contributed by atoms with E-state index < -0.39 is 24.2 Å². The topological polar surface area (TPSA) is 83.0 Å². The summed E-state index contributed by atoms with van der Waals surface area (Å²) in [6, 6.07) is 13.9. The van der Waals surface area contributed by atoms with Gasteiger partial charge in [0, 0.05) is 12.5 Å². The zero-order valence-corrected chi connectivity index (χ0v) is 20.8. The molecule has 0 saturated heterocycles. The van der Waals surface area contributed by atoms with Gasteiger partial charge in [-0.25, -0.2) is 4.68 Å². The highest BCUT2D eigenvalue weighted by atomic mass is 32.1. The Morgan fingerprint density at radius 3 is 2.50 bits per heavy atom. The molecule has 0 bridgehead atoms. The Hall–Kier alpha value is -3.60. The van der Waals surface area contributed by atoms with Crippen molar-refractivity contribution in [1.29, 1.82) is 0 Å². The van der Waals surface area contributed by atoms with Crippen molar-refractivity contribution in [1.82, 2.24) is 25.9 Å². The predicted octanol–water partition coefficient (Wildman–Crippen LogP) is 5.03. The molecule has 0 unspecified atom stereocenters. The summed E-state index contributed by atoms with van der Waals surface area (Å²) in [6.07, 6.45) is -4.78. The highest BCUT2D eigenvalue weighted by Gasteiger charge is 2.46. The lowest BCUT2D eigenvalue weighted by Crippen LogP contribution is -2.47. The van der Waals surface area contributed by atoms with Gasteiger partial charge in [0.2, 0.25) is 0 Å². The van der Waals surface area contributed by atoms with E-state index in [1.54, 1.807) is 0 Å². The van der Waals surface area contributed by atoms with Crippen molar-refractivity contribution in [2.45, 2.75) is 51.5 Å². The first kappa shape index (κ1) is 25.5. The van der Waals surface area contributed by atoms with Crippen LogP contribution in [-0.2, 0) is 0 Å². The number of thiocarbonyl (C=S) groups is 1. The number of amides is 1. The number of alkyl halides is 3. The molecule has 0 radical (unpaired) electrons. The van der Waals surface area contributed by atoms with Gasteiger partial charge in [0.15, 0.2) is 16.8 Å². The zero-order chi connectivity index (χ0) is 26.0. The van der Waals surface area contributed by atoms with Crippen molar-refractivity contribution in [3.8, 4) is 0 Å². The Kier molecular flexibility index (Phi) is 7.21. The standard InChI is InChI=1S/C25H27F3N6OS/c1-14-9-10-18(11-15(14)2)19-12-21(25(26,27)28)34-22(30-19)13-20(33-34)23(35)31-32-24(36)29-16(3)17-7-5-4-6-8-17/h4-11,13,16,19,21,30H,12H2,1-3H3,(H,31,35)(H2,29,32,36)/t16-,19+,21+/m1/s1. The lowest BCUT2D eigenvalue weighted by atomic mass is 9.94. The summed E-state index contributed by atoms with van der Waals surface area (Å²) in [5.74, 6) is -0.589. The summed E-state index contributed by atoms with van der Waals surface area (Å²) >= 11 is 5.22. The number of fused-ring (bicyclic) bond motifs is 1. The van der Waals surface area contributed by atoms with E-state index in [0.29, 0.717) is 0 Å². The first-order valence-electron chi connectivity index (χ1n) is 11.4. The van der Waals surface area contributed by atoms with Crippen molar-refractivity contribution >= 4 is 29.1 Å². The molecule has 0 fully saturated rings. The van der Waals surface area contributed by atoms with E-state index in [1.165, 1.54) is 6.07 Å². The first-order chi connectivity index (χ1) is 17.0.